The van der Waals surface area contributed by atoms with Crippen molar-refractivity contribution >= 4 is 21.6 Å². The Morgan fingerprint density at radius 1 is 1.10 bits per heavy atom. The van der Waals surface area contributed by atoms with E-state index in [0.29, 0.717) is 6.54 Å². The lowest BCUT2D eigenvalue weighted by molar-refractivity contribution is -0.137. The highest BCUT2D eigenvalue weighted by atomic mass is 32.2. The van der Waals surface area contributed by atoms with Crippen LogP contribution >= 0.6 is 0 Å². The smallest absolute Gasteiger partial charge is 0.322 e. The minimum atomic E-state index is -4.51. The Labute approximate surface area is 167 Å². The number of hydrogen-bond donors (Lipinski definition) is 1. The Bertz CT molecular complexity index is 989. The first-order valence-electron chi connectivity index (χ1n) is 9.19. The first kappa shape index (κ1) is 21.3. The van der Waals surface area contributed by atoms with E-state index < -0.39 is 27.7 Å². The quantitative estimate of drug-likeness (QED) is 0.782. The molecule has 0 aromatic heterocycles. The second kappa shape index (κ2) is 8.16. The molecule has 0 bridgehead atoms. The van der Waals surface area contributed by atoms with E-state index in [2.05, 4.69) is 5.32 Å². The number of nitrogens with one attached hydrogen (secondary N) is 1. The molecule has 1 fully saturated rings. The van der Waals surface area contributed by atoms with E-state index >= 15 is 0 Å². The van der Waals surface area contributed by atoms with Gasteiger partial charge in [-0.25, -0.2) is 8.42 Å². The molecular weight excluding hydrogens is 405 g/mol. The minimum Gasteiger partial charge on any atom is -0.322 e. The summed E-state index contributed by atoms with van der Waals surface area (Å²) in [7, 11) is -3.66. The molecule has 0 radical (unpaired) electrons. The van der Waals surface area contributed by atoms with E-state index in [0.717, 1.165) is 31.4 Å². The fourth-order valence-corrected chi connectivity index (χ4v) is 5.02. The third-order valence-electron chi connectivity index (χ3n) is 4.91. The molecule has 9 heteroatoms. The summed E-state index contributed by atoms with van der Waals surface area (Å²) in [5.41, 5.74) is -0.718. The first-order chi connectivity index (χ1) is 13.6. The summed E-state index contributed by atoms with van der Waals surface area (Å²) in [6, 6.07) is 9.62. The van der Waals surface area contributed by atoms with E-state index in [-0.39, 0.29) is 22.2 Å². The van der Waals surface area contributed by atoms with Crippen LogP contribution in [0.25, 0.3) is 0 Å². The molecule has 29 heavy (non-hydrogen) atoms. The first-order valence-corrected chi connectivity index (χ1v) is 10.6. The third kappa shape index (κ3) is 4.79. The highest BCUT2D eigenvalue weighted by molar-refractivity contribution is 7.89. The second-order valence-electron chi connectivity index (χ2n) is 7.02. The van der Waals surface area contributed by atoms with Crippen LogP contribution in [0, 0.1) is 0 Å². The molecule has 1 aliphatic heterocycles. The van der Waals surface area contributed by atoms with Gasteiger partial charge < -0.3 is 5.32 Å². The number of sulfonamides is 1. The molecule has 1 atom stereocenters. The predicted octanol–water partition coefficient (Wildman–Crippen LogP) is 4.52. The summed E-state index contributed by atoms with van der Waals surface area (Å²) in [5, 5.41) is 2.40. The number of rotatable bonds is 4. The molecule has 2 aromatic carbocycles. The van der Waals surface area contributed by atoms with Crippen molar-refractivity contribution in [3.8, 4) is 0 Å². The van der Waals surface area contributed by atoms with Crippen molar-refractivity contribution in [2.24, 2.45) is 0 Å². The van der Waals surface area contributed by atoms with Gasteiger partial charge >= 0.3 is 6.18 Å². The van der Waals surface area contributed by atoms with Gasteiger partial charge in [0, 0.05) is 23.8 Å². The molecule has 1 aliphatic rings. The summed E-state index contributed by atoms with van der Waals surface area (Å²) >= 11 is 0. The van der Waals surface area contributed by atoms with Crippen molar-refractivity contribution in [3.05, 3.63) is 59.7 Å². The van der Waals surface area contributed by atoms with Gasteiger partial charge in [0.05, 0.1) is 10.5 Å². The van der Waals surface area contributed by atoms with Gasteiger partial charge in [-0.3, -0.25) is 4.79 Å². The van der Waals surface area contributed by atoms with Crippen LogP contribution in [0.4, 0.5) is 18.9 Å². The number of piperidine rings is 1. The number of nitrogens with zero attached hydrogens (tertiary/aromatic N) is 1. The van der Waals surface area contributed by atoms with E-state index in [1.807, 2.05) is 6.92 Å². The molecule has 0 spiro atoms. The van der Waals surface area contributed by atoms with Crippen molar-refractivity contribution < 1.29 is 26.4 Å². The van der Waals surface area contributed by atoms with Crippen molar-refractivity contribution in [1.82, 2.24) is 4.31 Å². The van der Waals surface area contributed by atoms with Crippen LogP contribution in [-0.2, 0) is 16.2 Å². The average molecular weight is 426 g/mol. The van der Waals surface area contributed by atoms with Crippen LogP contribution in [0.3, 0.4) is 0 Å². The van der Waals surface area contributed by atoms with E-state index in [1.54, 1.807) is 0 Å². The SMILES string of the molecule is C[C@@H]1CCCCN1S(=O)(=O)c1ccc(C(=O)Nc2cccc(C(F)(F)F)c2)cc1. The number of carbonyl (C=O) groups is 1. The lowest BCUT2D eigenvalue weighted by atomic mass is 10.1. The van der Waals surface area contributed by atoms with Crippen LogP contribution in [0.1, 0.15) is 42.1 Å². The lowest BCUT2D eigenvalue weighted by Gasteiger charge is -2.32. The van der Waals surface area contributed by atoms with Gasteiger partial charge in [0.15, 0.2) is 0 Å². The summed E-state index contributed by atoms with van der Waals surface area (Å²) in [6.45, 7) is 2.33. The highest BCUT2D eigenvalue weighted by Crippen LogP contribution is 2.31. The molecule has 1 amide bonds. The van der Waals surface area contributed by atoms with Gasteiger partial charge in [0.2, 0.25) is 10.0 Å². The maximum absolute atomic E-state index is 12.8. The largest absolute Gasteiger partial charge is 0.416 e. The number of carbonyl (C=O) groups excluding carboxylic acids is 1. The Kier molecular flexibility index (Phi) is 6.00. The maximum atomic E-state index is 12.8. The van der Waals surface area contributed by atoms with Crippen molar-refractivity contribution in [1.29, 1.82) is 0 Å². The lowest BCUT2D eigenvalue weighted by Crippen LogP contribution is -2.41. The zero-order chi connectivity index (χ0) is 21.2. The molecule has 1 saturated heterocycles. The van der Waals surface area contributed by atoms with Gasteiger partial charge in [-0.2, -0.15) is 17.5 Å². The molecular formula is C20H21F3N2O3S. The number of halogens is 3. The molecule has 0 saturated carbocycles. The van der Waals surface area contributed by atoms with Crippen LogP contribution < -0.4 is 5.32 Å². The molecule has 0 aliphatic carbocycles. The van der Waals surface area contributed by atoms with Crippen LogP contribution in [0.2, 0.25) is 0 Å². The predicted molar refractivity (Wildman–Crippen MR) is 103 cm³/mol. The molecule has 3 rings (SSSR count). The van der Waals surface area contributed by atoms with E-state index in [4.69, 9.17) is 0 Å². The summed E-state index contributed by atoms with van der Waals surface area (Å²) in [4.78, 5) is 12.4. The molecule has 2 aromatic rings. The Balaban J connectivity index is 1.75. The Morgan fingerprint density at radius 2 is 1.79 bits per heavy atom. The van der Waals surface area contributed by atoms with Crippen molar-refractivity contribution in [3.63, 3.8) is 0 Å². The molecule has 1 N–H and O–H groups in total. The summed E-state index contributed by atoms with van der Waals surface area (Å²) in [6.07, 6.45) is -1.91. The summed E-state index contributed by atoms with van der Waals surface area (Å²) < 4.78 is 65.5. The zero-order valence-electron chi connectivity index (χ0n) is 15.7. The van der Waals surface area contributed by atoms with Gasteiger partial charge in [-0.1, -0.05) is 12.5 Å². The highest BCUT2D eigenvalue weighted by Gasteiger charge is 2.31. The van der Waals surface area contributed by atoms with Crippen molar-refractivity contribution in [2.45, 2.75) is 43.3 Å². The minimum absolute atomic E-state index is 0.00339. The van der Waals surface area contributed by atoms with Gasteiger partial charge in [0.1, 0.15) is 0 Å². The normalized spacial score (nSPS) is 18.4. The van der Waals surface area contributed by atoms with Gasteiger partial charge in [0.25, 0.3) is 5.91 Å². The number of alkyl halides is 3. The standard InChI is InChI=1S/C20H21F3N2O3S/c1-14-5-2-3-12-25(14)29(27,28)18-10-8-15(9-11-18)19(26)24-17-7-4-6-16(13-17)20(21,22)23/h4,6-11,13-14H,2-3,5,12H2,1H3,(H,24,26)/t14-/m1/s1. The Hall–Kier alpha value is -2.39. The van der Waals surface area contributed by atoms with E-state index in [9.17, 15) is 26.4 Å². The maximum Gasteiger partial charge on any atom is 0.416 e. The summed E-state index contributed by atoms with van der Waals surface area (Å²) in [5.74, 6) is -0.625. The van der Waals surface area contributed by atoms with Crippen LogP contribution in [0.5, 0.6) is 0 Å². The number of amides is 1. The molecule has 0 unspecified atom stereocenters. The van der Waals surface area contributed by atoms with Gasteiger partial charge in [-0.15, -0.1) is 0 Å². The van der Waals surface area contributed by atoms with Crippen molar-refractivity contribution in [2.75, 3.05) is 11.9 Å². The monoisotopic (exact) mass is 426 g/mol. The van der Waals surface area contributed by atoms with Crippen LogP contribution in [-0.4, -0.2) is 31.2 Å². The third-order valence-corrected chi connectivity index (χ3v) is 6.94. The number of anilines is 1. The molecule has 156 valence electrons. The zero-order valence-corrected chi connectivity index (χ0v) is 16.6. The van der Waals surface area contributed by atoms with Gasteiger partial charge in [-0.05, 0) is 62.2 Å². The fourth-order valence-electron chi connectivity index (χ4n) is 3.32. The average Bonchev–Trinajstić information content (AvgIpc) is 2.68. The van der Waals surface area contributed by atoms with E-state index in [1.165, 1.54) is 40.7 Å². The number of benzene rings is 2. The molecule has 1 heterocycles. The topological polar surface area (TPSA) is 66.5 Å². The van der Waals surface area contributed by atoms with Crippen LogP contribution in [0.15, 0.2) is 53.4 Å². The fraction of sp³-hybridized carbons (Fsp3) is 0.350. The Morgan fingerprint density at radius 3 is 2.41 bits per heavy atom. The number of hydrogen-bond acceptors (Lipinski definition) is 3. The second-order valence-corrected chi connectivity index (χ2v) is 8.91. The molecule has 5 nitrogen and oxygen atoms in total.